The summed E-state index contributed by atoms with van der Waals surface area (Å²) in [5.41, 5.74) is 2.95. The van der Waals surface area contributed by atoms with Crippen LogP contribution in [0.25, 0.3) is 0 Å². The lowest BCUT2D eigenvalue weighted by atomic mass is 9.93. The number of alkyl halides is 6. The molecule has 0 radical (unpaired) electrons. The lowest BCUT2D eigenvalue weighted by Crippen LogP contribution is -2.41. The van der Waals surface area contributed by atoms with Gasteiger partial charge in [0.15, 0.2) is 13.2 Å². The largest absolute Gasteiger partial charge is 0.493 e. The Hall–Kier alpha value is -8.52. The number of ether oxygens (including phenoxy) is 4. The molecule has 438 valence electrons. The van der Waals surface area contributed by atoms with Crippen molar-refractivity contribution >= 4 is 46.7 Å². The Morgan fingerprint density at radius 3 is 1.44 bits per heavy atom. The average molecular weight is 1150 g/mol. The highest BCUT2D eigenvalue weighted by atomic mass is 19.4. The van der Waals surface area contributed by atoms with Crippen molar-refractivity contribution in [3.05, 3.63) is 132 Å². The zero-order chi connectivity index (χ0) is 58.9. The zero-order valence-electron chi connectivity index (χ0n) is 45.9. The van der Waals surface area contributed by atoms with E-state index in [1.165, 1.54) is 24.5 Å². The molecule has 12 bridgehead atoms. The van der Waals surface area contributed by atoms with E-state index in [0.717, 1.165) is 29.0 Å². The SMILES string of the molecule is C=C1CNCC(C)(C)CNC(=O)c2ccc(nc2)Nc2cc(nc(OCC(F)(F)F)n2)NCc2ccc(cc2)OC1.CC1CNCC(C)(C)CNC(=O)c2ccc(nc2)Nc2cc(nc(OCC(F)(F)F)n2)NCc2ccc(cc2)OC1. The van der Waals surface area contributed by atoms with Crippen molar-refractivity contribution < 1.29 is 54.9 Å². The van der Waals surface area contributed by atoms with Crippen LogP contribution in [0.5, 0.6) is 23.5 Å². The Morgan fingerprint density at radius 2 is 1.00 bits per heavy atom. The highest BCUT2D eigenvalue weighted by Crippen LogP contribution is 2.26. The minimum Gasteiger partial charge on any atom is -0.493 e. The van der Waals surface area contributed by atoms with E-state index in [9.17, 15) is 35.9 Å². The molecule has 0 saturated carbocycles. The third-order valence-corrected chi connectivity index (χ3v) is 12.0. The minimum atomic E-state index is -4.56. The van der Waals surface area contributed by atoms with Crippen LogP contribution < -0.4 is 61.5 Å². The first-order chi connectivity index (χ1) is 38.9. The number of rotatable bonds is 4. The summed E-state index contributed by atoms with van der Waals surface area (Å²) in [5, 5.41) is 24.7. The van der Waals surface area contributed by atoms with Crippen LogP contribution >= 0.6 is 0 Å². The van der Waals surface area contributed by atoms with E-state index in [1.54, 1.807) is 24.3 Å². The molecular weight excluding hydrogens is 1080 g/mol. The van der Waals surface area contributed by atoms with Crippen LogP contribution in [-0.2, 0) is 13.1 Å². The first kappa shape index (κ1) is 61.1. The number of hydrogen-bond acceptors (Lipinski definition) is 18. The first-order valence-electron chi connectivity index (χ1n) is 26.1. The second-order valence-electron chi connectivity index (χ2n) is 21.1. The third-order valence-electron chi connectivity index (χ3n) is 12.0. The molecular formula is C56H66F6N14O6. The van der Waals surface area contributed by atoms with Gasteiger partial charge in [0.2, 0.25) is 0 Å². The van der Waals surface area contributed by atoms with Crippen LogP contribution in [0.1, 0.15) is 66.5 Å². The number of nitrogens with one attached hydrogen (secondary N) is 8. The maximum absolute atomic E-state index is 12.8. The van der Waals surface area contributed by atoms with Crippen molar-refractivity contribution in [1.29, 1.82) is 0 Å². The van der Waals surface area contributed by atoms with Crippen molar-refractivity contribution in [2.45, 2.75) is 60.1 Å². The standard InChI is InChI=1S/C28H34F3N7O3.C28H32F3N7O3/c2*1-18-11-32-15-27(2,3)16-35-25(39)20-6-9-22(34-13-20)36-24-10-23(37-26(38-24)41-17-28(29,30)31)33-12-19-4-7-21(8-5-19)40-14-18/h4-10,13,18,32H,11-12,14-17H2,1-3H3,(H,35,39)(H2,33,34,36,37,38);4-10,13,32H,1,11-12,14-17H2,2-3H3,(H,35,39)(H2,33,34,36,37,38). The second-order valence-corrected chi connectivity index (χ2v) is 21.1. The molecule has 12 heterocycles. The average Bonchev–Trinajstić information content (AvgIpc) is 3.53. The van der Waals surface area contributed by atoms with E-state index in [4.69, 9.17) is 18.9 Å². The predicted molar refractivity (Wildman–Crippen MR) is 297 cm³/mol. The van der Waals surface area contributed by atoms with Gasteiger partial charge in [-0.2, -0.15) is 46.3 Å². The molecule has 8 aliphatic rings. The van der Waals surface area contributed by atoms with E-state index in [0.29, 0.717) is 87.5 Å². The van der Waals surface area contributed by atoms with Gasteiger partial charge in [0, 0.05) is 82.8 Å². The number of benzene rings is 2. The van der Waals surface area contributed by atoms with Crippen LogP contribution in [0.15, 0.2) is 109 Å². The molecule has 0 saturated heterocycles. The monoisotopic (exact) mass is 1140 g/mol. The van der Waals surface area contributed by atoms with Crippen LogP contribution in [0, 0.1) is 16.7 Å². The van der Waals surface area contributed by atoms with Gasteiger partial charge in [-0.3, -0.25) is 9.59 Å². The fourth-order valence-electron chi connectivity index (χ4n) is 7.58. The number of aromatic nitrogens is 6. The summed E-state index contributed by atoms with van der Waals surface area (Å²) < 4.78 is 98.0. The first-order valence-corrected chi connectivity index (χ1v) is 26.1. The van der Waals surface area contributed by atoms with Crippen LogP contribution in [0.2, 0.25) is 0 Å². The van der Waals surface area contributed by atoms with E-state index in [1.807, 2.05) is 62.4 Å². The van der Waals surface area contributed by atoms with Crippen LogP contribution in [-0.4, -0.2) is 120 Å². The van der Waals surface area contributed by atoms with E-state index < -0.39 is 37.6 Å². The summed E-state index contributed by atoms with van der Waals surface area (Å²) in [6.45, 7) is 16.4. The Morgan fingerprint density at radius 1 is 0.561 bits per heavy atom. The Balaban J connectivity index is 0.000000236. The number of carbonyl (C=O) groups excluding carboxylic acids is 2. The number of amides is 2. The number of carbonyl (C=O) groups is 2. The van der Waals surface area contributed by atoms with Gasteiger partial charge in [-0.25, -0.2) is 9.97 Å². The summed E-state index contributed by atoms with van der Waals surface area (Å²) in [4.78, 5) is 50.1. The van der Waals surface area contributed by atoms with Crippen molar-refractivity contribution in [1.82, 2.24) is 51.2 Å². The van der Waals surface area contributed by atoms with Gasteiger partial charge >= 0.3 is 24.4 Å². The highest BCUT2D eigenvalue weighted by molar-refractivity contribution is 5.94. The summed E-state index contributed by atoms with van der Waals surface area (Å²) in [6.07, 6.45) is -6.30. The van der Waals surface area contributed by atoms with E-state index in [-0.39, 0.29) is 51.8 Å². The lowest BCUT2D eigenvalue weighted by Gasteiger charge is -2.26. The molecule has 1 atom stereocenters. The molecule has 20 nitrogen and oxygen atoms in total. The van der Waals surface area contributed by atoms with Crippen molar-refractivity contribution in [2.75, 3.05) is 87.0 Å². The third kappa shape index (κ3) is 21.2. The Kier molecular flexibility index (Phi) is 20.7. The topological polar surface area (TPSA) is 245 Å². The summed E-state index contributed by atoms with van der Waals surface area (Å²) >= 11 is 0. The molecule has 2 amide bonds. The number of pyridine rings is 2. The molecule has 26 heteroatoms. The number of hydrogen-bond donors (Lipinski definition) is 8. The minimum absolute atomic E-state index is 0.150. The summed E-state index contributed by atoms with van der Waals surface area (Å²) in [6, 6.07) is 23.3. The number of halogens is 6. The zero-order valence-corrected chi connectivity index (χ0v) is 45.9. The fraction of sp³-hybridized carbons (Fsp3) is 0.393. The van der Waals surface area contributed by atoms with E-state index >= 15 is 0 Å². The van der Waals surface area contributed by atoms with Crippen molar-refractivity contribution in [3.63, 3.8) is 0 Å². The second kappa shape index (κ2) is 27.8. The molecule has 0 aliphatic carbocycles. The summed E-state index contributed by atoms with van der Waals surface area (Å²) in [7, 11) is 0. The molecule has 0 fully saturated rings. The van der Waals surface area contributed by atoms with Gasteiger partial charge in [0.05, 0.1) is 17.7 Å². The van der Waals surface area contributed by atoms with Crippen LogP contribution in [0.4, 0.5) is 61.2 Å². The predicted octanol–water partition coefficient (Wildman–Crippen LogP) is 9.01. The summed E-state index contributed by atoms with van der Waals surface area (Å²) in [5.74, 6) is 2.54. The van der Waals surface area contributed by atoms with Gasteiger partial charge in [-0.15, -0.1) is 0 Å². The maximum Gasteiger partial charge on any atom is 0.422 e. The fourth-order valence-corrected chi connectivity index (χ4v) is 7.58. The molecule has 82 heavy (non-hydrogen) atoms. The molecule has 8 N–H and O–H groups in total. The van der Waals surface area contributed by atoms with Gasteiger partial charge in [-0.1, -0.05) is 65.5 Å². The van der Waals surface area contributed by atoms with E-state index in [2.05, 4.69) is 99.8 Å². The Labute approximate surface area is 470 Å². The van der Waals surface area contributed by atoms with Crippen LogP contribution in [0.3, 0.4) is 0 Å². The smallest absolute Gasteiger partial charge is 0.422 e. The molecule has 4 aromatic heterocycles. The lowest BCUT2D eigenvalue weighted by molar-refractivity contribution is -0.155. The molecule has 1 unspecified atom stereocenters. The Bertz CT molecular complexity index is 3060. The normalized spacial score (nSPS) is 17.4. The van der Waals surface area contributed by atoms with Gasteiger partial charge in [0.1, 0.15) is 53.0 Å². The van der Waals surface area contributed by atoms with Crippen molar-refractivity contribution in [2.24, 2.45) is 16.7 Å². The number of nitrogens with zero attached hydrogens (tertiary/aromatic N) is 6. The quantitative estimate of drug-likeness (QED) is 0.0606. The molecule has 8 aliphatic heterocycles. The maximum atomic E-state index is 12.8. The molecule has 0 spiro atoms. The molecule has 2 aromatic carbocycles. The van der Waals surface area contributed by atoms with Gasteiger partial charge in [0.25, 0.3) is 11.8 Å². The molecule has 14 rings (SSSR count). The number of anilines is 6. The van der Waals surface area contributed by atoms with Crippen molar-refractivity contribution in [3.8, 4) is 23.5 Å². The highest BCUT2D eigenvalue weighted by Gasteiger charge is 2.30. The van der Waals surface area contributed by atoms with Gasteiger partial charge < -0.3 is 61.5 Å². The van der Waals surface area contributed by atoms with Gasteiger partial charge in [-0.05, 0) is 76.1 Å². The molecule has 6 aromatic rings.